The molecule has 0 heterocycles. The lowest BCUT2D eigenvalue weighted by Gasteiger charge is -1.95. The highest BCUT2D eigenvalue weighted by molar-refractivity contribution is 5.38. The number of carbonyl (C=O) groups is 1. The zero-order valence-corrected chi connectivity index (χ0v) is 4.57. The molecule has 0 aromatic carbocycles. The van der Waals surface area contributed by atoms with Crippen molar-refractivity contribution in [1.29, 1.82) is 0 Å². The number of carbonyl (C=O) groups excluding carboxylic acids is 1. The van der Waals surface area contributed by atoms with E-state index < -0.39 is 6.29 Å². The van der Waals surface area contributed by atoms with Crippen LogP contribution in [0.2, 0.25) is 0 Å². The molecular formula is C5H6O4. The average Bonchev–Trinajstić information content (AvgIpc) is 1.85. The summed E-state index contributed by atoms with van der Waals surface area (Å²) >= 11 is 0. The summed E-state index contributed by atoms with van der Waals surface area (Å²) in [5.74, 6) is 4.14. The van der Waals surface area contributed by atoms with Gasteiger partial charge in [0.25, 0.3) is 12.8 Å². The van der Waals surface area contributed by atoms with E-state index in [4.69, 9.17) is 10.2 Å². The molecule has 50 valence electrons. The van der Waals surface area contributed by atoms with Crippen LogP contribution in [0.1, 0.15) is 0 Å². The lowest BCUT2D eigenvalue weighted by molar-refractivity contribution is -0.143. The van der Waals surface area contributed by atoms with Gasteiger partial charge in [0.1, 0.15) is 6.61 Å². The Morgan fingerprint density at radius 3 is 2.89 bits per heavy atom. The van der Waals surface area contributed by atoms with E-state index in [0.29, 0.717) is 0 Å². The Morgan fingerprint density at radius 2 is 2.44 bits per heavy atom. The molecule has 0 saturated heterocycles. The molecule has 1 unspecified atom stereocenters. The van der Waals surface area contributed by atoms with Gasteiger partial charge in [-0.05, 0) is 5.92 Å². The van der Waals surface area contributed by atoms with Gasteiger partial charge in [-0.25, -0.2) is 0 Å². The Hall–Kier alpha value is -1.05. The smallest absolute Gasteiger partial charge is 0.296 e. The highest BCUT2D eigenvalue weighted by Crippen LogP contribution is 1.76. The fourth-order valence-corrected chi connectivity index (χ4v) is 0.220. The minimum atomic E-state index is -1.42. The zero-order valence-electron chi connectivity index (χ0n) is 4.57. The van der Waals surface area contributed by atoms with E-state index in [-0.39, 0.29) is 13.1 Å². The summed E-state index contributed by atoms with van der Waals surface area (Å²) in [5.41, 5.74) is 0. The van der Waals surface area contributed by atoms with Crippen LogP contribution in [0.4, 0.5) is 0 Å². The first kappa shape index (κ1) is 7.95. The van der Waals surface area contributed by atoms with E-state index in [0.717, 1.165) is 0 Å². The number of aliphatic hydroxyl groups is 2. The van der Waals surface area contributed by atoms with Crippen LogP contribution >= 0.6 is 0 Å². The molecule has 0 amide bonds. The second-order valence-electron chi connectivity index (χ2n) is 1.06. The molecule has 0 fully saturated rings. The summed E-state index contributed by atoms with van der Waals surface area (Å²) in [4.78, 5) is 9.47. The van der Waals surface area contributed by atoms with E-state index in [9.17, 15) is 4.79 Å². The zero-order chi connectivity index (χ0) is 7.11. The van der Waals surface area contributed by atoms with Gasteiger partial charge in [-0.2, -0.15) is 0 Å². The van der Waals surface area contributed by atoms with Crippen LogP contribution < -0.4 is 0 Å². The first-order chi connectivity index (χ1) is 4.31. The van der Waals surface area contributed by atoms with Crippen molar-refractivity contribution in [3.8, 4) is 11.8 Å². The van der Waals surface area contributed by atoms with Crippen molar-refractivity contribution in [3.05, 3.63) is 0 Å². The van der Waals surface area contributed by atoms with Gasteiger partial charge in [0.2, 0.25) is 0 Å². The summed E-state index contributed by atoms with van der Waals surface area (Å²) in [6, 6.07) is 0. The third-order valence-electron chi connectivity index (χ3n) is 0.489. The highest BCUT2D eigenvalue weighted by atomic mass is 16.6. The van der Waals surface area contributed by atoms with Crippen molar-refractivity contribution in [3.63, 3.8) is 0 Å². The summed E-state index contributed by atoms with van der Waals surface area (Å²) in [7, 11) is 0. The van der Waals surface area contributed by atoms with Gasteiger partial charge in [-0.1, -0.05) is 5.92 Å². The fourth-order valence-electron chi connectivity index (χ4n) is 0.220. The standard InChI is InChI=1S/C5H6O4/c6-3-1-2-5(8)9-4-7/h4-6,8H,3H2. The van der Waals surface area contributed by atoms with Crippen LogP contribution in [-0.2, 0) is 9.53 Å². The predicted molar refractivity (Wildman–Crippen MR) is 28.0 cm³/mol. The molecule has 0 radical (unpaired) electrons. The highest BCUT2D eigenvalue weighted by Gasteiger charge is 1.92. The Balaban J connectivity index is 3.47. The molecule has 0 aliphatic rings. The Labute approximate surface area is 52.1 Å². The maximum Gasteiger partial charge on any atom is 0.296 e. The molecule has 4 heteroatoms. The first-order valence-electron chi connectivity index (χ1n) is 2.17. The van der Waals surface area contributed by atoms with E-state index in [1.165, 1.54) is 0 Å². The second kappa shape index (κ2) is 5.09. The first-order valence-corrected chi connectivity index (χ1v) is 2.17. The van der Waals surface area contributed by atoms with Crippen molar-refractivity contribution in [2.24, 2.45) is 0 Å². The van der Waals surface area contributed by atoms with Gasteiger partial charge in [-0.15, -0.1) is 0 Å². The maximum absolute atomic E-state index is 9.47. The molecule has 0 spiro atoms. The number of hydrogen-bond donors (Lipinski definition) is 2. The molecule has 1 atom stereocenters. The molecule has 9 heavy (non-hydrogen) atoms. The Bertz CT molecular complexity index is 132. The van der Waals surface area contributed by atoms with Gasteiger partial charge < -0.3 is 14.9 Å². The largest absolute Gasteiger partial charge is 0.426 e. The van der Waals surface area contributed by atoms with Crippen molar-refractivity contribution in [1.82, 2.24) is 0 Å². The molecule has 0 bridgehead atoms. The average molecular weight is 130 g/mol. The number of rotatable bonds is 2. The SMILES string of the molecule is O=COC(O)C#CCO. The third kappa shape index (κ3) is 4.81. The van der Waals surface area contributed by atoms with Gasteiger partial charge in [0.05, 0.1) is 0 Å². The molecule has 0 saturated carbocycles. The van der Waals surface area contributed by atoms with E-state index >= 15 is 0 Å². The monoisotopic (exact) mass is 130 g/mol. The molecule has 0 aromatic heterocycles. The van der Waals surface area contributed by atoms with Gasteiger partial charge in [-0.3, -0.25) is 4.79 Å². The van der Waals surface area contributed by atoms with Crippen molar-refractivity contribution < 1.29 is 19.7 Å². The Kier molecular flexibility index (Phi) is 4.50. The van der Waals surface area contributed by atoms with Crippen molar-refractivity contribution in [2.45, 2.75) is 6.29 Å². The minimum Gasteiger partial charge on any atom is -0.426 e. The molecule has 0 aromatic rings. The van der Waals surface area contributed by atoms with Crippen molar-refractivity contribution in [2.75, 3.05) is 6.61 Å². The van der Waals surface area contributed by atoms with Gasteiger partial charge in [0, 0.05) is 0 Å². The van der Waals surface area contributed by atoms with Gasteiger partial charge in [0.15, 0.2) is 0 Å². The van der Waals surface area contributed by atoms with E-state index in [2.05, 4.69) is 10.7 Å². The van der Waals surface area contributed by atoms with Crippen LogP contribution in [0.3, 0.4) is 0 Å². The maximum atomic E-state index is 9.47. The molecule has 4 nitrogen and oxygen atoms in total. The van der Waals surface area contributed by atoms with Crippen LogP contribution in [0, 0.1) is 11.8 Å². The van der Waals surface area contributed by atoms with E-state index in [1.807, 2.05) is 5.92 Å². The fraction of sp³-hybridized carbons (Fsp3) is 0.400. The molecule has 0 aliphatic heterocycles. The number of ether oxygens (including phenoxy) is 1. The number of hydrogen-bond acceptors (Lipinski definition) is 4. The van der Waals surface area contributed by atoms with Crippen LogP contribution in [0.15, 0.2) is 0 Å². The topological polar surface area (TPSA) is 66.8 Å². The lowest BCUT2D eigenvalue weighted by Crippen LogP contribution is -2.06. The molecule has 2 N–H and O–H groups in total. The quantitative estimate of drug-likeness (QED) is 0.270. The van der Waals surface area contributed by atoms with Crippen LogP contribution in [-0.4, -0.2) is 29.6 Å². The summed E-state index contributed by atoms with van der Waals surface area (Å²) < 4.78 is 3.93. The summed E-state index contributed by atoms with van der Waals surface area (Å²) in [6.45, 7) is -0.282. The summed E-state index contributed by atoms with van der Waals surface area (Å²) in [6.07, 6.45) is -1.42. The Morgan fingerprint density at radius 1 is 1.78 bits per heavy atom. The van der Waals surface area contributed by atoms with Gasteiger partial charge >= 0.3 is 0 Å². The summed E-state index contributed by atoms with van der Waals surface area (Å²) in [5, 5.41) is 16.5. The molecule has 0 aliphatic carbocycles. The third-order valence-corrected chi connectivity index (χ3v) is 0.489. The normalized spacial score (nSPS) is 10.9. The molecular weight excluding hydrogens is 124 g/mol. The molecule has 0 rings (SSSR count). The van der Waals surface area contributed by atoms with E-state index in [1.54, 1.807) is 0 Å². The number of aliphatic hydroxyl groups excluding tert-OH is 2. The van der Waals surface area contributed by atoms with Crippen molar-refractivity contribution >= 4 is 6.47 Å². The van der Waals surface area contributed by atoms with Crippen LogP contribution in [0.5, 0.6) is 0 Å². The second-order valence-corrected chi connectivity index (χ2v) is 1.06. The minimum absolute atomic E-state index is 0.0801. The predicted octanol–water partition coefficient (Wildman–Crippen LogP) is -1.53. The lowest BCUT2D eigenvalue weighted by atomic mass is 10.6. The van der Waals surface area contributed by atoms with Crippen LogP contribution in [0.25, 0.3) is 0 Å².